The molecule has 33 heavy (non-hydrogen) atoms. The minimum atomic E-state index is -0.553. The normalized spacial score (nSPS) is 15.9. The Hall–Kier alpha value is -1.51. The first-order valence-electron chi connectivity index (χ1n) is 10.2. The standard InChI is InChI=1S/C23H20I2N2O4S2/c1-4-30-20-14(24)9-13(10-15(20)25)11-17-21(28)27-19(16-7-6-8-32-16)18(22(29)31-5-2)12(3)26-23(27)33-17/h6-11,19H,4-5H2,1-3H3/b17-11-/t19-/m0/s1. The average Bonchev–Trinajstić information content (AvgIpc) is 3.39. The third-order valence-corrected chi connectivity index (χ3v) is 8.45. The molecule has 10 heteroatoms. The zero-order valence-corrected chi connectivity index (χ0v) is 24.0. The van der Waals surface area contributed by atoms with Crippen molar-refractivity contribution in [3.8, 4) is 5.75 Å². The molecule has 1 aliphatic heterocycles. The Bertz CT molecular complexity index is 1400. The van der Waals surface area contributed by atoms with Gasteiger partial charge in [0.15, 0.2) is 4.80 Å². The van der Waals surface area contributed by atoms with Gasteiger partial charge in [-0.25, -0.2) is 9.79 Å². The van der Waals surface area contributed by atoms with Crippen LogP contribution in [0.1, 0.15) is 37.3 Å². The highest BCUT2D eigenvalue weighted by Crippen LogP contribution is 2.33. The topological polar surface area (TPSA) is 69.9 Å². The van der Waals surface area contributed by atoms with E-state index in [0.717, 1.165) is 23.3 Å². The summed E-state index contributed by atoms with van der Waals surface area (Å²) in [4.78, 5) is 32.5. The zero-order chi connectivity index (χ0) is 23.7. The number of esters is 1. The first kappa shape index (κ1) is 24.6. The summed E-state index contributed by atoms with van der Waals surface area (Å²) in [5.41, 5.74) is 1.71. The minimum Gasteiger partial charge on any atom is -0.492 e. The number of rotatable bonds is 6. The van der Waals surface area contributed by atoms with Gasteiger partial charge in [0, 0.05) is 4.88 Å². The summed E-state index contributed by atoms with van der Waals surface area (Å²) < 4.78 is 15.2. The average molecular weight is 706 g/mol. The van der Waals surface area contributed by atoms with Crippen molar-refractivity contribution in [2.45, 2.75) is 26.8 Å². The summed E-state index contributed by atoms with van der Waals surface area (Å²) in [5.74, 6) is 0.409. The summed E-state index contributed by atoms with van der Waals surface area (Å²) in [6, 6.07) is 7.29. The van der Waals surface area contributed by atoms with Gasteiger partial charge in [-0.2, -0.15) is 0 Å². The monoisotopic (exact) mass is 706 g/mol. The second-order valence-electron chi connectivity index (χ2n) is 7.06. The fourth-order valence-corrected chi connectivity index (χ4v) is 7.60. The van der Waals surface area contributed by atoms with Crippen LogP contribution in [0.3, 0.4) is 0 Å². The molecule has 0 unspecified atom stereocenters. The van der Waals surface area contributed by atoms with E-state index in [1.807, 2.05) is 42.6 Å². The Labute approximate surface area is 225 Å². The van der Waals surface area contributed by atoms with Crippen molar-refractivity contribution in [3.05, 3.63) is 78.2 Å². The predicted octanol–water partition coefficient (Wildman–Crippen LogP) is 4.47. The number of carbonyl (C=O) groups is 1. The number of fused-ring (bicyclic) bond motifs is 1. The van der Waals surface area contributed by atoms with E-state index in [-0.39, 0.29) is 12.2 Å². The number of hydrogen-bond acceptors (Lipinski definition) is 7. The van der Waals surface area contributed by atoms with E-state index in [1.165, 1.54) is 22.7 Å². The van der Waals surface area contributed by atoms with Crippen molar-refractivity contribution < 1.29 is 14.3 Å². The van der Waals surface area contributed by atoms with Crippen LogP contribution in [0.4, 0.5) is 0 Å². The molecular formula is C23H20I2N2O4S2. The van der Waals surface area contributed by atoms with Gasteiger partial charge in [-0.3, -0.25) is 9.36 Å². The quantitative estimate of drug-likeness (QED) is 0.281. The highest BCUT2D eigenvalue weighted by atomic mass is 127. The SMILES string of the molecule is CCOC(=O)C1=C(C)N=c2s/c(=C\c3cc(I)c(OCC)c(I)c3)c(=O)n2[C@H]1c1cccs1. The van der Waals surface area contributed by atoms with E-state index in [1.54, 1.807) is 18.4 Å². The zero-order valence-electron chi connectivity index (χ0n) is 18.1. The molecule has 172 valence electrons. The molecule has 0 fully saturated rings. The molecule has 0 bridgehead atoms. The smallest absolute Gasteiger partial charge is 0.338 e. The highest BCUT2D eigenvalue weighted by Gasteiger charge is 2.33. The Balaban J connectivity index is 1.89. The van der Waals surface area contributed by atoms with Crippen molar-refractivity contribution in [3.63, 3.8) is 0 Å². The maximum atomic E-state index is 13.6. The van der Waals surface area contributed by atoms with Crippen molar-refractivity contribution in [1.82, 2.24) is 4.57 Å². The summed E-state index contributed by atoms with van der Waals surface area (Å²) in [6.45, 7) is 6.36. The lowest BCUT2D eigenvalue weighted by molar-refractivity contribution is -0.139. The fraction of sp³-hybridized carbons (Fsp3) is 0.261. The van der Waals surface area contributed by atoms with Crippen molar-refractivity contribution in [2.24, 2.45) is 4.99 Å². The van der Waals surface area contributed by atoms with Crippen molar-refractivity contribution in [2.75, 3.05) is 13.2 Å². The molecule has 0 N–H and O–H groups in total. The minimum absolute atomic E-state index is 0.176. The first-order valence-corrected chi connectivity index (χ1v) is 14.1. The summed E-state index contributed by atoms with van der Waals surface area (Å²) in [5, 5.41) is 1.94. The molecule has 0 amide bonds. The van der Waals surface area contributed by atoms with E-state index in [2.05, 4.69) is 50.2 Å². The van der Waals surface area contributed by atoms with E-state index >= 15 is 0 Å². The summed E-state index contributed by atoms with van der Waals surface area (Å²) in [6.07, 6.45) is 1.87. The Morgan fingerprint density at radius 2 is 1.97 bits per heavy atom. The molecule has 1 aliphatic rings. The third-order valence-electron chi connectivity index (χ3n) is 4.94. The number of nitrogens with zero attached hydrogens (tertiary/aromatic N) is 2. The molecule has 0 radical (unpaired) electrons. The summed E-state index contributed by atoms with van der Waals surface area (Å²) >= 11 is 7.32. The number of halogens is 2. The summed E-state index contributed by atoms with van der Waals surface area (Å²) in [7, 11) is 0. The van der Waals surface area contributed by atoms with Crippen LogP contribution in [0, 0.1) is 7.14 Å². The molecule has 6 nitrogen and oxygen atoms in total. The van der Waals surface area contributed by atoms with Gasteiger partial charge in [0.1, 0.15) is 11.8 Å². The van der Waals surface area contributed by atoms with Gasteiger partial charge in [0.2, 0.25) is 0 Å². The van der Waals surface area contributed by atoms with Gasteiger partial charge in [0.25, 0.3) is 5.56 Å². The number of ether oxygens (including phenoxy) is 2. The molecule has 2 aromatic heterocycles. The van der Waals surface area contributed by atoms with Gasteiger partial charge in [-0.1, -0.05) is 17.4 Å². The number of thiazole rings is 1. The van der Waals surface area contributed by atoms with E-state index < -0.39 is 12.0 Å². The lowest BCUT2D eigenvalue weighted by atomic mass is 10.0. The molecular weight excluding hydrogens is 686 g/mol. The molecule has 1 aromatic carbocycles. The van der Waals surface area contributed by atoms with Crippen LogP contribution in [-0.4, -0.2) is 23.8 Å². The van der Waals surface area contributed by atoms with Crippen LogP contribution < -0.4 is 19.6 Å². The fourth-order valence-electron chi connectivity index (χ4n) is 3.60. The van der Waals surface area contributed by atoms with Gasteiger partial charge < -0.3 is 9.47 Å². The van der Waals surface area contributed by atoms with Crippen LogP contribution in [0.25, 0.3) is 6.08 Å². The number of allylic oxidation sites excluding steroid dienone is 1. The molecule has 0 saturated heterocycles. The molecule has 4 rings (SSSR count). The Morgan fingerprint density at radius 1 is 1.24 bits per heavy atom. The number of hydrogen-bond donors (Lipinski definition) is 0. The van der Waals surface area contributed by atoms with Crippen molar-refractivity contribution >= 4 is 79.9 Å². The molecule has 0 aliphatic carbocycles. The van der Waals surface area contributed by atoms with Crippen LogP contribution >= 0.6 is 67.9 Å². The van der Waals surface area contributed by atoms with Crippen LogP contribution in [0.15, 0.2) is 50.7 Å². The lowest BCUT2D eigenvalue weighted by Crippen LogP contribution is -2.39. The lowest BCUT2D eigenvalue weighted by Gasteiger charge is -2.23. The highest BCUT2D eigenvalue weighted by molar-refractivity contribution is 14.1. The number of benzene rings is 1. The molecule has 1 atom stereocenters. The predicted molar refractivity (Wildman–Crippen MR) is 148 cm³/mol. The van der Waals surface area contributed by atoms with Gasteiger partial charge in [0.05, 0.1) is 36.2 Å². The Morgan fingerprint density at radius 3 is 2.58 bits per heavy atom. The largest absolute Gasteiger partial charge is 0.492 e. The first-order chi connectivity index (χ1) is 15.8. The second kappa shape index (κ2) is 10.4. The maximum Gasteiger partial charge on any atom is 0.338 e. The van der Waals surface area contributed by atoms with Crippen LogP contribution in [0.5, 0.6) is 5.75 Å². The van der Waals surface area contributed by atoms with E-state index in [9.17, 15) is 9.59 Å². The van der Waals surface area contributed by atoms with Crippen LogP contribution in [0.2, 0.25) is 0 Å². The van der Waals surface area contributed by atoms with E-state index in [4.69, 9.17) is 9.47 Å². The van der Waals surface area contributed by atoms with Crippen molar-refractivity contribution in [1.29, 1.82) is 0 Å². The number of aromatic nitrogens is 1. The molecule has 0 spiro atoms. The number of thiophene rings is 1. The van der Waals surface area contributed by atoms with Gasteiger partial charge in [-0.05, 0) is 101 Å². The second-order valence-corrected chi connectivity index (χ2v) is 11.4. The van der Waals surface area contributed by atoms with Gasteiger partial charge in [-0.15, -0.1) is 11.3 Å². The molecule has 0 saturated carbocycles. The van der Waals surface area contributed by atoms with Gasteiger partial charge >= 0.3 is 5.97 Å². The van der Waals surface area contributed by atoms with E-state index in [0.29, 0.717) is 27.2 Å². The Kier molecular flexibility index (Phi) is 7.76. The number of carbonyl (C=O) groups excluding carboxylic acids is 1. The van der Waals surface area contributed by atoms with Crippen LogP contribution in [-0.2, 0) is 9.53 Å². The maximum absolute atomic E-state index is 13.6. The molecule has 3 aromatic rings. The molecule has 3 heterocycles. The third kappa shape index (κ3) is 4.84.